The van der Waals surface area contributed by atoms with Crippen molar-refractivity contribution in [2.24, 2.45) is 0 Å². The van der Waals surface area contributed by atoms with Gasteiger partial charge in [-0.3, -0.25) is 0 Å². The van der Waals surface area contributed by atoms with Gasteiger partial charge in [0, 0.05) is 27.8 Å². The Kier molecular flexibility index (Phi) is 4.47. The largest absolute Gasteiger partial charge is 0.355 e. The molecule has 0 fully saturated rings. The molecule has 0 spiro atoms. The number of benzene rings is 5. The Bertz CT molecular complexity index is 1530. The second-order valence-corrected chi connectivity index (χ2v) is 7.99. The first-order chi connectivity index (χ1) is 15.9. The smallest absolute Gasteiger partial charge is 0.0561 e. The minimum Gasteiger partial charge on any atom is -0.355 e. The van der Waals surface area contributed by atoms with Crippen LogP contribution in [0.4, 0.5) is 11.4 Å². The molecule has 6 aromatic rings. The van der Waals surface area contributed by atoms with Crippen molar-refractivity contribution in [1.82, 2.24) is 4.57 Å². The van der Waals surface area contributed by atoms with Gasteiger partial charge in [-0.15, -0.1) is 0 Å². The van der Waals surface area contributed by atoms with Crippen molar-refractivity contribution < 1.29 is 0 Å². The van der Waals surface area contributed by atoms with Crippen LogP contribution in [0, 0.1) is 0 Å². The highest BCUT2D eigenvalue weighted by Gasteiger charge is 2.12. The number of hydrogen-bond donors (Lipinski definition) is 1. The fourth-order valence-corrected chi connectivity index (χ4v) is 4.48. The zero-order valence-electron chi connectivity index (χ0n) is 17.6. The van der Waals surface area contributed by atoms with Crippen molar-refractivity contribution in [1.29, 1.82) is 0 Å². The van der Waals surface area contributed by atoms with Crippen LogP contribution in [0.15, 0.2) is 127 Å². The van der Waals surface area contributed by atoms with Crippen LogP contribution in [0.1, 0.15) is 0 Å². The molecule has 0 atom stereocenters. The van der Waals surface area contributed by atoms with Crippen LogP contribution in [-0.4, -0.2) is 4.57 Å². The van der Waals surface area contributed by atoms with Gasteiger partial charge in [-0.2, -0.15) is 0 Å². The van der Waals surface area contributed by atoms with Gasteiger partial charge in [0.25, 0.3) is 0 Å². The minimum absolute atomic E-state index is 1.07. The number of nitrogens with one attached hydrogen (secondary N) is 1. The molecule has 6 rings (SSSR count). The summed E-state index contributed by atoms with van der Waals surface area (Å²) in [6.07, 6.45) is 0. The number of para-hydroxylation sites is 2. The Morgan fingerprint density at radius 3 is 1.94 bits per heavy atom. The predicted molar refractivity (Wildman–Crippen MR) is 136 cm³/mol. The summed E-state index contributed by atoms with van der Waals surface area (Å²) in [5, 5.41) is 6.14. The van der Waals surface area contributed by atoms with E-state index in [0.29, 0.717) is 0 Å². The third-order valence-electron chi connectivity index (χ3n) is 5.95. The zero-order chi connectivity index (χ0) is 21.3. The van der Waals surface area contributed by atoms with Crippen molar-refractivity contribution >= 4 is 33.2 Å². The molecule has 0 bridgehead atoms. The molecule has 0 saturated carbocycles. The SMILES string of the molecule is c1ccc(-c2cccc(Nc3ccc4c5ccccc5n(-c5ccccc5)c4c3)c2)cc1. The molecule has 0 aliphatic carbocycles. The van der Waals surface area contributed by atoms with E-state index >= 15 is 0 Å². The summed E-state index contributed by atoms with van der Waals surface area (Å²) in [7, 11) is 0. The average Bonchev–Trinajstić information content (AvgIpc) is 3.19. The summed E-state index contributed by atoms with van der Waals surface area (Å²) < 4.78 is 2.34. The predicted octanol–water partition coefficient (Wildman–Crippen LogP) is 8.19. The summed E-state index contributed by atoms with van der Waals surface area (Å²) in [5.74, 6) is 0. The lowest BCUT2D eigenvalue weighted by atomic mass is 10.1. The summed E-state index contributed by atoms with van der Waals surface area (Å²) in [6.45, 7) is 0. The molecule has 5 aromatic carbocycles. The van der Waals surface area contributed by atoms with Crippen LogP contribution in [0.5, 0.6) is 0 Å². The number of hydrogen-bond acceptors (Lipinski definition) is 1. The molecule has 1 N–H and O–H groups in total. The average molecular weight is 411 g/mol. The lowest BCUT2D eigenvalue weighted by molar-refractivity contribution is 1.18. The number of fused-ring (bicyclic) bond motifs is 3. The molecule has 1 heterocycles. The Morgan fingerprint density at radius 2 is 1.09 bits per heavy atom. The van der Waals surface area contributed by atoms with Gasteiger partial charge in [0.1, 0.15) is 0 Å². The normalized spacial score (nSPS) is 11.1. The second-order valence-electron chi connectivity index (χ2n) is 7.99. The van der Waals surface area contributed by atoms with Gasteiger partial charge in [-0.1, -0.05) is 84.9 Å². The Hall–Kier alpha value is -4.30. The molecule has 32 heavy (non-hydrogen) atoms. The molecule has 152 valence electrons. The van der Waals surface area contributed by atoms with Crippen LogP contribution in [0.25, 0.3) is 38.6 Å². The van der Waals surface area contributed by atoms with Crippen LogP contribution in [0.3, 0.4) is 0 Å². The lowest BCUT2D eigenvalue weighted by Crippen LogP contribution is -1.95. The van der Waals surface area contributed by atoms with Crippen molar-refractivity contribution in [3.05, 3.63) is 127 Å². The van der Waals surface area contributed by atoms with Gasteiger partial charge >= 0.3 is 0 Å². The molecule has 1 aromatic heterocycles. The third kappa shape index (κ3) is 3.23. The Balaban J connectivity index is 1.46. The van der Waals surface area contributed by atoms with Gasteiger partial charge in [0.05, 0.1) is 11.0 Å². The van der Waals surface area contributed by atoms with E-state index in [-0.39, 0.29) is 0 Å². The molecular formula is C30H22N2. The van der Waals surface area contributed by atoms with E-state index in [1.165, 1.54) is 38.6 Å². The lowest BCUT2D eigenvalue weighted by Gasteiger charge is -2.11. The first kappa shape index (κ1) is 18.5. The first-order valence-corrected chi connectivity index (χ1v) is 10.9. The van der Waals surface area contributed by atoms with E-state index in [2.05, 4.69) is 131 Å². The Labute approximate surface area is 187 Å². The summed E-state index contributed by atoms with van der Waals surface area (Å²) >= 11 is 0. The number of aromatic nitrogens is 1. The zero-order valence-corrected chi connectivity index (χ0v) is 17.6. The van der Waals surface area contributed by atoms with E-state index in [4.69, 9.17) is 0 Å². The number of rotatable bonds is 4. The van der Waals surface area contributed by atoms with E-state index < -0.39 is 0 Å². The molecule has 0 radical (unpaired) electrons. The van der Waals surface area contributed by atoms with Crippen molar-refractivity contribution in [3.63, 3.8) is 0 Å². The van der Waals surface area contributed by atoms with E-state index in [1.807, 2.05) is 6.07 Å². The minimum atomic E-state index is 1.07. The van der Waals surface area contributed by atoms with E-state index in [9.17, 15) is 0 Å². The molecule has 2 heteroatoms. The van der Waals surface area contributed by atoms with Crippen LogP contribution in [-0.2, 0) is 0 Å². The monoisotopic (exact) mass is 410 g/mol. The molecule has 0 aliphatic rings. The highest BCUT2D eigenvalue weighted by atomic mass is 15.0. The third-order valence-corrected chi connectivity index (χ3v) is 5.95. The molecule has 0 unspecified atom stereocenters. The summed E-state index contributed by atoms with van der Waals surface area (Å²) in [4.78, 5) is 0. The maximum Gasteiger partial charge on any atom is 0.0561 e. The Morgan fingerprint density at radius 1 is 0.438 bits per heavy atom. The maximum absolute atomic E-state index is 3.62. The van der Waals surface area contributed by atoms with Gasteiger partial charge in [-0.25, -0.2) is 0 Å². The van der Waals surface area contributed by atoms with Crippen molar-refractivity contribution in [2.45, 2.75) is 0 Å². The van der Waals surface area contributed by atoms with Gasteiger partial charge in [-0.05, 0) is 53.6 Å². The maximum atomic E-state index is 3.62. The van der Waals surface area contributed by atoms with Crippen molar-refractivity contribution in [2.75, 3.05) is 5.32 Å². The van der Waals surface area contributed by atoms with E-state index in [0.717, 1.165) is 11.4 Å². The quantitative estimate of drug-likeness (QED) is 0.310. The highest BCUT2D eigenvalue weighted by Crippen LogP contribution is 2.34. The van der Waals surface area contributed by atoms with Crippen LogP contribution in [0.2, 0.25) is 0 Å². The second kappa shape index (κ2) is 7.75. The topological polar surface area (TPSA) is 17.0 Å². The molecular weight excluding hydrogens is 388 g/mol. The fourth-order valence-electron chi connectivity index (χ4n) is 4.48. The van der Waals surface area contributed by atoms with Gasteiger partial charge in [0.2, 0.25) is 0 Å². The standard InChI is InChI=1S/C30H22N2/c1-3-10-22(11-4-1)23-12-9-13-24(20-23)31-25-18-19-28-27-16-7-8-17-29(27)32(30(28)21-25)26-14-5-2-6-15-26/h1-21,31H. The van der Waals surface area contributed by atoms with Gasteiger partial charge in [0.15, 0.2) is 0 Å². The molecule has 0 saturated heterocycles. The summed E-state index contributed by atoms with van der Waals surface area (Å²) in [5.41, 5.74) is 8.15. The molecule has 0 aliphatic heterocycles. The van der Waals surface area contributed by atoms with Crippen molar-refractivity contribution in [3.8, 4) is 16.8 Å². The van der Waals surface area contributed by atoms with E-state index in [1.54, 1.807) is 0 Å². The van der Waals surface area contributed by atoms with Crippen LogP contribution >= 0.6 is 0 Å². The molecule has 0 amide bonds. The fraction of sp³-hybridized carbons (Fsp3) is 0. The summed E-state index contributed by atoms with van der Waals surface area (Å²) in [6, 6.07) is 44.9. The van der Waals surface area contributed by atoms with Gasteiger partial charge < -0.3 is 9.88 Å². The number of anilines is 2. The van der Waals surface area contributed by atoms with Crippen LogP contribution < -0.4 is 5.32 Å². The number of nitrogens with zero attached hydrogens (tertiary/aromatic N) is 1. The highest BCUT2D eigenvalue weighted by molar-refractivity contribution is 6.10. The first-order valence-electron chi connectivity index (χ1n) is 10.9. The molecule has 2 nitrogen and oxygen atoms in total.